The van der Waals surface area contributed by atoms with Gasteiger partial charge in [0.2, 0.25) is 11.8 Å². The summed E-state index contributed by atoms with van der Waals surface area (Å²) in [6.07, 6.45) is 6.12. The molecule has 150 valence electrons. The second-order valence-electron chi connectivity index (χ2n) is 7.17. The van der Waals surface area contributed by atoms with Crippen LogP contribution in [-0.4, -0.2) is 46.7 Å². The molecule has 0 bridgehead atoms. The molecule has 4 amide bonds. The SMILES string of the molecule is O=C(NN1CCCCCC1=O)c1cccc(C(=O)NN2CCCCCC2=O)c1. The number of hydrogen-bond acceptors (Lipinski definition) is 4. The summed E-state index contributed by atoms with van der Waals surface area (Å²) in [4.78, 5) is 49.2. The van der Waals surface area contributed by atoms with Gasteiger partial charge in [0.05, 0.1) is 0 Å². The molecule has 3 rings (SSSR count). The van der Waals surface area contributed by atoms with E-state index in [1.54, 1.807) is 18.2 Å². The molecule has 1 aromatic carbocycles. The minimum Gasteiger partial charge on any atom is -0.273 e. The van der Waals surface area contributed by atoms with Crippen LogP contribution in [0.3, 0.4) is 0 Å². The van der Waals surface area contributed by atoms with Gasteiger partial charge >= 0.3 is 0 Å². The Morgan fingerprint density at radius 3 is 1.64 bits per heavy atom. The Morgan fingerprint density at radius 2 is 1.18 bits per heavy atom. The highest BCUT2D eigenvalue weighted by atomic mass is 16.2. The van der Waals surface area contributed by atoms with Gasteiger partial charge in [0.15, 0.2) is 0 Å². The van der Waals surface area contributed by atoms with Crippen molar-refractivity contribution in [2.24, 2.45) is 0 Å². The van der Waals surface area contributed by atoms with E-state index in [4.69, 9.17) is 0 Å². The molecule has 0 aliphatic carbocycles. The van der Waals surface area contributed by atoms with E-state index in [-0.39, 0.29) is 22.9 Å². The fraction of sp³-hybridized carbons (Fsp3) is 0.500. The molecule has 2 aliphatic heterocycles. The summed E-state index contributed by atoms with van der Waals surface area (Å²) in [6.45, 7) is 0.976. The Balaban J connectivity index is 1.65. The molecule has 1 aromatic rings. The van der Waals surface area contributed by atoms with E-state index < -0.39 is 11.8 Å². The minimum absolute atomic E-state index is 0.0978. The quantitative estimate of drug-likeness (QED) is 0.824. The highest BCUT2D eigenvalue weighted by molar-refractivity contribution is 6.00. The number of carbonyl (C=O) groups is 4. The van der Waals surface area contributed by atoms with E-state index in [9.17, 15) is 19.2 Å². The lowest BCUT2D eigenvalue weighted by Gasteiger charge is -2.22. The number of hydrogen-bond donors (Lipinski definition) is 2. The van der Waals surface area contributed by atoms with Gasteiger partial charge in [-0.05, 0) is 43.9 Å². The van der Waals surface area contributed by atoms with Crippen molar-refractivity contribution >= 4 is 23.6 Å². The molecular weight excluding hydrogens is 360 g/mol. The lowest BCUT2D eigenvalue weighted by Crippen LogP contribution is -2.46. The number of rotatable bonds is 4. The van der Waals surface area contributed by atoms with Crippen molar-refractivity contribution in [2.45, 2.75) is 51.4 Å². The van der Waals surface area contributed by atoms with Crippen molar-refractivity contribution in [3.8, 4) is 0 Å². The summed E-state index contributed by atoms with van der Waals surface area (Å²) < 4.78 is 0. The summed E-state index contributed by atoms with van der Waals surface area (Å²) in [7, 11) is 0. The smallest absolute Gasteiger partial charge is 0.269 e. The van der Waals surface area contributed by atoms with Crippen molar-refractivity contribution in [1.29, 1.82) is 0 Å². The molecular formula is C20H26N4O4. The van der Waals surface area contributed by atoms with Crippen LogP contribution in [0.2, 0.25) is 0 Å². The summed E-state index contributed by atoms with van der Waals surface area (Å²) in [5.41, 5.74) is 5.84. The average Bonchev–Trinajstić information content (AvgIpc) is 3.02. The van der Waals surface area contributed by atoms with Gasteiger partial charge in [-0.3, -0.25) is 40.0 Å². The van der Waals surface area contributed by atoms with E-state index in [1.807, 2.05) is 0 Å². The minimum atomic E-state index is -0.434. The third-order valence-corrected chi connectivity index (χ3v) is 5.01. The van der Waals surface area contributed by atoms with E-state index in [0.29, 0.717) is 25.9 Å². The number of nitrogens with one attached hydrogen (secondary N) is 2. The molecule has 0 unspecified atom stereocenters. The zero-order valence-electron chi connectivity index (χ0n) is 15.9. The molecule has 2 heterocycles. The first-order valence-corrected chi connectivity index (χ1v) is 9.87. The zero-order valence-corrected chi connectivity index (χ0v) is 15.9. The van der Waals surface area contributed by atoms with E-state index in [1.165, 1.54) is 16.1 Å². The average molecular weight is 386 g/mol. The Labute approximate surface area is 164 Å². The first-order chi connectivity index (χ1) is 13.5. The van der Waals surface area contributed by atoms with E-state index >= 15 is 0 Å². The predicted molar refractivity (Wildman–Crippen MR) is 102 cm³/mol. The third kappa shape index (κ3) is 5.09. The number of amides is 4. The van der Waals surface area contributed by atoms with Crippen molar-refractivity contribution < 1.29 is 19.2 Å². The Hall–Kier alpha value is -2.90. The highest BCUT2D eigenvalue weighted by Crippen LogP contribution is 2.12. The van der Waals surface area contributed by atoms with Crippen LogP contribution in [0.5, 0.6) is 0 Å². The second kappa shape index (κ2) is 9.34. The van der Waals surface area contributed by atoms with Crippen LogP contribution < -0.4 is 10.9 Å². The van der Waals surface area contributed by atoms with Crippen molar-refractivity contribution in [3.63, 3.8) is 0 Å². The molecule has 2 saturated heterocycles. The van der Waals surface area contributed by atoms with Gasteiger partial charge < -0.3 is 0 Å². The van der Waals surface area contributed by atoms with Gasteiger partial charge in [0.1, 0.15) is 0 Å². The van der Waals surface area contributed by atoms with Crippen LogP contribution in [0.1, 0.15) is 72.1 Å². The maximum Gasteiger partial charge on any atom is 0.269 e. The number of carbonyl (C=O) groups excluding carboxylic acids is 4. The monoisotopic (exact) mass is 386 g/mol. The van der Waals surface area contributed by atoms with Gasteiger partial charge in [0.25, 0.3) is 11.8 Å². The van der Waals surface area contributed by atoms with Gasteiger partial charge in [0, 0.05) is 37.1 Å². The van der Waals surface area contributed by atoms with Crippen LogP contribution in [0.4, 0.5) is 0 Å². The summed E-state index contributed by atoms with van der Waals surface area (Å²) in [5, 5.41) is 2.72. The molecule has 0 radical (unpaired) electrons. The van der Waals surface area contributed by atoms with Gasteiger partial charge in [-0.15, -0.1) is 0 Å². The predicted octanol–water partition coefficient (Wildman–Crippen LogP) is 1.78. The van der Waals surface area contributed by atoms with Crippen LogP contribution in [-0.2, 0) is 9.59 Å². The normalized spacial score (nSPS) is 18.3. The highest BCUT2D eigenvalue weighted by Gasteiger charge is 2.21. The Kier molecular flexibility index (Phi) is 6.62. The van der Waals surface area contributed by atoms with Crippen molar-refractivity contribution in [2.75, 3.05) is 13.1 Å². The van der Waals surface area contributed by atoms with Crippen LogP contribution in [0, 0.1) is 0 Å². The molecule has 8 heteroatoms. The molecule has 2 fully saturated rings. The summed E-state index contributed by atoms with van der Waals surface area (Å²) in [5.74, 6) is -1.06. The molecule has 2 aliphatic rings. The van der Waals surface area contributed by atoms with Crippen LogP contribution >= 0.6 is 0 Å². The maximum atomic E-state index is 12.5. The maximum absolute atomic E-state index is 12.5. The Bertz CT molecular complexity index is 705. The molecule has 0 saturated carbocycles. The fourth-order valence-corrected chi connectivity index (χ4v) is 3.38. The summed E-state index contributed by atoms with van der Waals surface area (Å²) in [6, 6.07) is 6.25. The van der Waals surface area contributed by atoms with E-state index in [2.05, 4.69) is 10.9 Å². The topological polar surface area (TPSA) is 98.8 Å². The molecule has 28 heavy (non-hydrogen) atoms. The van der Waals surface area contributed by atoms with E-state index in [0.717, 1.165) is 38.5 Å². The lowest BCUT2D eigenvalue weighted by atomic mass is 10.1. The van der Waals surface area contributed by atoms with Crippen LogP contribution in [0.15, 0.2) is 24.3 Å². The molecule has 2 N–H and O–H groups in total. The molecule has 0 atom stereocenters. The van der Waals surface area contributed by atoms with Crippen LogP contribution in [0.25, 0.3) is 0 Å². The molecule has 0 aromatic heterocycles. The third-order valence-electron chi connectivity index (χ3n) is 5.01. The number of nitrogens with zero attached hydrogens (tertiary/aromatic N) is 2. The molecule has 0 spiro atoms. The standard InChI is InChI=1S/C20H26N4O4/c25-17-10-3-1-5-12-23(17)21-19(27)15-8-7-9-16(14-15)20(28)22-24-13-6-2-4-11-18(24)26/h7-9,14H,1-6,10-13H2,(H,21,27)(H,22,28). The number of benzene rings is 1. The number of hydrazine groups is 2. The largest absolute Gasteiger partial charge is 0.273 e. The zero-order chi connectivity index (χ0) is 19.9. The van der Waals surface area contributed by atoms with Gasteiger partial charge in [-0.25, -0.2) is 0 Å². The second-order valence-corrected chi connectivity index (χ2v) is 7.17. The lowest BCUT2D eigenvalue weighted by molar-refractivity contribution is -0.133. The van der Waals surface area contributed by atoms with Gasteiger partial charge in [-0.2, -0.15) is 0 Å². The first kappa shape index (κ1) is 19.9. The first-order valence-electron chi connectivity index (χ1n) is 9.87. The van der Waals surface area contributed by atoms with Gasteiger partial charge in [-0.1, -0.05) is 18.9 Å². The van der Waals surface area contributed by atoms with Crippen molar-refractivity contribution in [3.05, 3.63) is 35.4 Å². The summed E-state index contributed by atoms with van der Waals surface area (Å²) >= 11 is 0. The Morgan fingerprint density at radius 1 is 0.714 bits per heavy atom. The van der Waals surface area contributed by atoms with Crippen molar-refractivity contribution in [1.82, 2.24) is 20.9 Å². The molecule has 8 nitrogen and oxygen atoms in total. The fourth-order valence-electron chi connectivity index (χ4n) is 3.38.